The molecule has 1 aromatic rings. The Morgan fingerprint density at radius 3 is 1.81 bits per heavy atom. The summed E-state index contributed by atoms with van der Waals surface area (Å²) in [6.45, 7) is 0. The fraction of sp³-hybridized carbons (Fsp3) is 0.429. The van der Waals surface area contributed by atoms with Crippen molar-refractivity contribution in [2.24, 2.45) is 0 Å². The molecule has 1 aliphatic rings. The molecule has 0 heterocycles. The topological polar surface area (TPSA) is 228 Å². The average molecular weight is 551 g/mol. The minimum Gasteiger partial charge on any atom is -0.870 e. The molecule has 0 aromatic heterocycles. The monoisotopic (exact) mass is 551 g/mol. The number of carbonyl (C=O) groups excluding carboxylic acids is 1. The minimum absolute atomic E-state index is 0. The van der Waals surface area contributed by atoms with Gasteiger partial charge in [0, 0.05) is 0 Å². The van der Waals surface area contributed by atoms with Crippen LogP contribution in [-0.2, 0) is 21.1 Å². The van der Waals surface area contributed by atoms with Gasteiger partial charge in [0.1, 0.15) is 5.56 Å². The maximum Gasteiger partial charge on any atom is 4.00 e. The summed E-state index contributed by atoms with van der Waals surface area (Å²) in [4.78, 5) is 30.5. The van der Waals surface area contributed by atoms with Crippen LogP contribution in [0.25, 0.3) is 11.5 Å². The van der Waals surface area contributed by atoms with Gasteiger partial charge >= 0.3 is 27.0 Å². The summed E-state index contributed by atoms with van der Waals surface area (Å²) < 4.78 is 0. The van der Waals surface area contributed by atoms with Crippen LogP contribution in [0.5, 0.6) is 0 Å². The minimum atomic E-state index is -1.79. The van der Waals surface area contributed by atoms with Gasteiger partial charge in [0.25, 0.3) is 5.69 Å². The zero-order valence-corrected chi connectivity index (χ0v) is 15.6. The predicted octanol–water partition coefficient (Wildman–Crippen LogP) is 1.70. The van der Waals surface area contributed by atoms with Gasteiger partial charge < -0.3 is 37.4 Å². The molecule has 12 heteroatoms. The van der Waals surface area contributed by atoms with Gasteiger partial charge in [0.15, 0.2) is 0 Å². The van der Waals surface area contributed by atoms with Crippen molar-refractivity contribution in [1.82, 2.24) is 0 Å². The van der Waals surface area contributed by atoms with E-state index in [4.69, 9.17) is 16.6 Å². The third-order valence-electron chi connectivity index (χ3n) is 3.43. The Kier molecular flexibility index (Phi) is 14.8. The number of benzene rings is 1. The number of carboxylic acids is 2. The molecule has 2 rings (SSSR count). The van der Waals surface area contributed by atoms with Gasteiger partial charge in [-0.15, -0.1) is 0 Å². The van der Waals surface area contributed by atoms with E-state index in [9.17, 15) is 24.8 Å². The number of hydrogen-bond donors (Lipinski definition) is 1. The molecule has 5 N–H and O–H groups in total. The molecule has 0 bridgehead atoms. The first-order valence-corrected chi connectivity index (χ1v) is 6.90. The summed E-state index contributed by atoms with van der Waals surface area (Å²) in [6, 6.07) is 2.81. The number of nitrogens with zero attached hydrogens (tertiary/aromatic N) is 1. The summed E-state index contributed by atoms with van der Waals surface area (Å²) in [7, 11) is 0. The van der Waals surface area contributed by atoms with Crippen LogP contribution in [0.1, 0.15) is 46.4 Å². The van der Waals surface area contributed by atoms with Crippen LogP contribution >= 0.6 is 0 Å². The molecule has 1 aliphatic carbocycles. The van der Waals surface area contributed by atoms with E-state index in [1.54, 1.807) is 0 Å². The van der Waals surface area contributed by atoms with E-state index in [1.807, 2.05) is 0 Å². The third kappa shape index (κ3) is 7.98. The first-order chi connectivity index (χ1) is 10.8. The fourth-order valence-corrected chi connectivity index (χ4v) is 2.21. The standard InChI is InChI=1S/C8H5NO6.C6H12N2.2H2O.Pt/c10-7(11)4-2-1-3-5(8(12)13)6(4)9(14)15;7-5-3-1-2-4-6(5)8;;;/h1-3H,(H,10,11)(H,12,13);5-8H,1-4H2;2*1H2;/q;-2;;;+4/p-3. The summed E-state index contributed by atoms with van der Waals surface area (Å²) in [5, 5.41) is 29.6. The number of nitro groups is 1. The van der Waals surface area contributed by atoms with Crippen molar-refractivity contribution in [2.45, 2.75) is 37.8 Å². The van der Waals surface area contributed by atoms with Gasteiger partial charge in [-0.2, -0.15) is 12.1 Å². The second-order valence-corrected chi connectivity index (χ2v) is 5.05. The van der Waals surface area contributed by atoms with Crippen LogP contribution in [-0.4, -0.2) is 45.0 Å². The number of nitro benzene ring substituents is 1. The summed E-state index contributed by atoms with van der Waals surface area (Å²) >= 11 is 0. The SMILES string of the molecule is O=C([O-])c1cccc(C(=O)O)c1[N+](=O)[O-].[NH-]C1CCCCC1[NH-].[OH-].[OH-].[Pt+4]. The molecule has 0 amide bonds. The zero-order valence-electron chi connectivity index (χ0n) is 13.4. The molecule has 0 radical (unpaired) electrons. The number of aromatic carboxylic acids is 2. The van der Waals surface area contributed by atoms with Crippen LogP contribution in [0.2, 0.25) is 0 Å². The predicted molar refractivity (Wildman–Crippen MR) is 82.9 cm³/mol. The smallest absolute Gasteiger partial charge is 0.870 e. The van der Waals surface area contributed by atoms with Crippen LogP contribution < -0.4 is 5.11 Å². The largest absolute Gasteiger partial charge is 4.00 e. The summed E-state index contributed by atoms with van der Waals surface area (Å²) in [6.07, 6.45) is 4.25. The van der Waals surface area contributed by atoms with Gasteiger partial charge in [-0.25, -0.2) is 4.79 Å². The fourth-order valence-electron chi connectivity index (χ4n) is 2.21. The van der Waals surface area contributed by atoms with Gasteiger partial charge in [-0.3, -0.25) is 10.1 Å². The normalized spacial score (nSPS) is 17.8. The van der Waals surface area contributed by atoms with E-state index in [0.29, 0.717) is 0 Å². The van der Waals surface area contributed by atoms with Crippen molar-refractivity contribution >= 4 is 17.6 Å². The molecular formula is C14H18N3O8Pt-. The second kappa shape index (κ2) is 13.3. The molecule has 0 saturated heterocycles. The van der Waals surface area contributed by atoms with E-state index in [2.05, 4.69) is 0 Å². The number of carboxylic acid groups (broad SMARTS) is 2. The average Bonchev–Trinajstić information content (AvgIpc) is 2.50. The van der Waals surface area contributed by atoms with E-state index >= 15 is 0 Å². The Hall–Kier alpha value is -1.91. The molecule has 26 heavy (non-hydrogen) atoms. The van der Waals surface area contributed by atoms with Crippen LogP contribution in [0.4, 0.5) is 5.69 Å². The molecule has 2 unspecified atom stereocenters. The Morgan fingerprint density at radius 1 is 1.08 bits per heavy atom. The maximum absolute atomic E-state index is 10.6. The number of para-hydroxylation sites is 1. The van der Waals surface area contributed by atoms with Crippen molar-refractivity contribution in [1.29, 1.82) is 0 Å². The number of nitrogens with one attached hydrogen (secondary N) is 2. The Balaban J connectivity index is -0.000000416. The van der Waals surface area contributed by atoms with Gasteiger partial charge in [0.05, 0.1) is 16.5 Å². The van der Waals surface area contributed by atoms with Crippen molar-refractivity contribution in [2.75, 3.05) is 0 Å². The van der Waals surface area contributed by atoms with Gasteiger partial charge in [-0.05, 0) is 12.1 Å². The van der Waals surface area contributed by atoms with Crippen LogP contribution in [0.3, 0.4) is 0 Å². The molecule has 1 fully saturated rings. The van der Waals surface area contributed by atoms with E-state index in [1.165, 1.54) is 12.8 Å². The molecule has 0 spiro atoms. The van der Waals surface area contributed by atoms with Crippen molar-refractivity contribution in [3.8, 4) is 0 Å². The molecule has 1 saturated carbocycles. The van der Waals surface area contributed by atoms with Crippen LogP contribution in [0, 0.1) is 10.1 Å². The molecule has 11 nitrogen and oxygen atoms in total. The van der Waals surface area contributed by atoms with E-state index in [0.717, 1.165) is 31.0 Å². The molecule has 1 aromatic carbocycles. The summed E-state index contributed by atoms with van der Waals surface area (Å²) in [5.74, 6) is -3.35. The van der Waals surface area contributed by atoms with E-state index in [-0.39, 0.29) is 44.1 Å². The Morgan fingerprint density at radius 2 is 1.50 bits per heavy atom. The van der Waals surface area contributed by atoms with Gasteiger partial charge in [-0.1, -0.05) is 31.7 Å². The number of rotatable bonds is 3. The molecular weight excluding hydrogens is 533 g/mol. The first kappa shape index (κ1) is 28.9. The third-order valence-corrected chi connectivity index (χ3v) is 3.43. The molecule has 2 atom stereocenters. The Bertz CT molecular complexity index is 572. The van der Waals surface area contributed by atoms with Crippen molar-refractivity contribution in [3.63, 3.8) is 0 Å². The number of carbonyl (C=O) groups is 2. The quantitative estimate of drug-likeness (QED) is 0.428. The zero-order chi connectivity index (χ0) is 17.6. The Labute approximate surface area is 163 Å². The van der Waals surface area contributed by atoms with Crippen molar-refractivity contribution in [3.05, 3.63) is 50.9 Å². The van der Waals surface area contributed by atoms with E-state index < -0.39 is 33.7 Å². The molecule has 0 aliphatic heterocycles. The van der Waals surface area contributed by atoms with Gasteiger partial charge in [0.2, 0.25) is 0 Å². The maximum atomic E-state index is 10.6. The van der Waals surface area contributed by atoms with Crippen molar-refractivity contribution < 1.29 is 56.7 Å². The second-order valence-electron chi connectivity index (χ2n) is 5.05. The summed E-state index contributed by atoms with van der Waals surface area (Å²) in [5.41, 5.74) is 12.2. The molecule has 148 valence electrons. The first-order valence-electron chi connectivity index (χ1n) is 6.90. The van der Waals surface area contributed by atoms with Crippen LogP contribution in [0.15, 0.2) is 18.2 Å². The number of hydrogen-bond acceptors (Lipinski definition) is 7.